The van der Waals surface area contributed by atoms with Crippen molar-refractivity contribution in [2.75, 3.05) is 5.32 Å². The molecular formula is C20H22ClNO3. The highest BCUT2D eigenvalue weighted by molar-refractivity contribution is 6.33. The number of hydrogen-bond donors (Lipinski definition) is 1. The number of ether oxygens (including phenoxy) is 1. The second-order valence-electron chi connectivity index (χ2n) is 5.91. The Morgan fingerprint density at radius 1 is 1.08 bits per heavy atom. The van der Waals surface area contributed by atoms with E-state index in [4.69, 9.17) is 16.3 Å². The lowest BCUT2D eigenvalue weighted by Crippen LogP contribution is -2.30. The molecule has 2 aromatic rings. The van der Waals surface area contributed by atoms with Crippen LogP contribution in [0.4, 0.5) is 5.69 Å². The first-order chi connectivity index (χ1) is 11.9. The van der Waals surface area contributed by atoms with Crippen LogP contribution in [0.2, 0.25) is 5.02 Å². The molecule has 0 bridgehead atoms. The largest absolute Gasteiger partial charge is 0.449 e. The van der Waals surface area contributed by atoms with Gasteiger partial charge in [0, 0.05) is 5.69 Å². The van der Waals surface area contributed by atoms with E-state index in [1.54, 1.807) is 24.3 Å². The smallest absolute Gasteiger partial charge is 0.340 e. The molecule has 0 saturated carbocycles. The maximum absolute atomic E-state index is 12.4. The van der Waals surface area contributed by atoms with Gasteiger partial charge in [-0.3, -0.25) is 4.79 Å². The van der Waals surface area contributed by atoms with E-state index in [1.807, 2.05) is 24.3 Å². The van der Waals surface area contributed by atoms with Gasteiger partial charge in [0.15, 0.2) is 6.10 Å². The average Bonchev–Trinajstić information content (AvgIpc) is 2.61. The summed E-state index contributed by atoms with van der Waals surface area (Å²) in [5.74, 6) is -0.683. The number of para-hydroxylation sites is 1. The third-order valence-corrected chi connectivity index (χ3v) is 4.44. The highest BCUT2D eigenvalue weighted by atomic mass is 35.5. The molecule has 0 aliphatic heterocycles. The molecule has 0 heterocycles. The molecule has 4 nitrogen and oxygen atoms in total. The van der Waals surface area contributed by atoms with Crippen molar-refractivity contribution in [1.82, 2.24) is 0 Å². The number of carbonyl (C=O) groups is 2. The van der Waals surface area contributed by atoms with E-state index in [2.05, 4.69) is 19.2 Å². The molecule has 0 aliphatic carbocycles. The van der Waals surface area contributed by atoms with Crippen LogP contribution in [-0.4, -0.2) is 18.0 Å². The van der Waals surface area contributed by atoms with E-state index in [1.165, 1.54) is 6.92 Å². The zero-order chi connectivity index (χ0) is 18.4. The van der Waals surface area contributed by atoms with Crippen LogP contribution in [0.25, 0.3) is 0 Å². The number of benzene rings is 2. The van der Waals surface area contributed by atoms with Gasteiger partial charge in [-0.2, -0.15) is 0 Å². The van der Waals surface area contributed by atoms with Crippen molar-refractivity contribution in [2.45, 2.75) is 39.2 Å². The molecule has 25 heavy (non-hydrogen) atoms. The van der Waals surface area contributed by atoms with Crippen LogP contribution in [0, 0.1) is 0 Å². The van der Waals surface area contributed by atoms with Crippen LogP contribution in [0.3, 0.4) is 0 Å². The van der Waals surface area contributed by atoms with E-state index < -0.39 is 12.1 Å². The maximum atomic E-state index is 12.4. The Hall–Kier alpha value is -2.33. The molecule has 2 atom stereocenters. The standard InChI is InChI=1S/C20H22ClNO3/c1-4-13(2)15-9-6-8-12-18(15)22-19(23)14(3)25-20(24)16-10-5-7-11-17(16)21/h5-14H,4H2,1-3H3,(H,22,23)/t13-,14+/m0/s1. The van der Waals surface area contributed by atoms with E-state index in [-0.39, 0.29) is 11.5 Å². The second kappa shape index (κ2) is 8.67. The number of hydrogen-bond acceptors (Lipinski definition) is 3. The molecule has 0 aliphatic rings. The van der Waals surface area contributed by atoms with Gasteiger partial charge in [0.05, 0.1) is 10.6 Å². The molecule has 132 valence electrons. The molecule has 0 fully saturated rings. The van der Waals surface area contributed by atoms with Crippen LogP contribution in [-0.2, 0) is 9.53 Å². The van der Waals surface area contributed by atoms with E-state index in [0.717, 1.165) is 17.7 Å². The molecule has 2 aromatic carbocycles. The minimum Gasteiger partial charge on any atom is -0.449 e. The molecule has 0 unspecified atom stereocenters. The Morgan fingerprint density at radius 2 is 1.72 bits per heavy atom. The third kappa shape index (κ3) is 4.83. The van der Waals surface area contributed by atoms with E-state index >= 15 is 0 Å². The van der Waals surface area contributed by atoms with Gasteiger partial charge in [0.1, 0.15) is 0 Å². The fourth-order valence-corrected chi connectivity index (χ4v) is 2.61. The molecule has 0 saturated heterocycles. The quantitative estimate of drug-likeness (QED) is 0.735. The maximum Gasteiger partial charge on any atom is 0.340 e. The number of esters is 1. The first-order valence-corrected chi connectivity index (χ1v) is 8.67. The molecular weight excluding hydrogens is 338 g/mol. The Balaban J connectivity index is 2.06. The minimum absolute atomic E-state index is 0.240. The van der Waals surface area contributed by atoms with E-state index in [9.17, 15) is 9.59 Å². The zero-order valence-corrected chi connectivity index (χ0v) is 15.3. The fourth-order valence-electron chi connectivity index (χ4n) is 2.40. The Bertz CT molecular complexity index is 760. The summed E-state index contributed by atoms with van der Waals surface area (Å²) in [6.07, 6.45) is 0.0259. The van der Waals surface area contributed by atoms with Crippen LogP contribution < -0.4 is 5.32 Å². The van der Waals surface area contributed by atoms with Gasteiger partial charge in [-0.05, 0) is 43.0 Å². The van der Waals surface area contributed by atoms with Crippen molar-refractivity contribution in [3.05, 3.63) is 64.7 Å². The van der Waals surface area contributed by atoms with Crippen LogP contribution in [0.1, 0.15) is 49.0 Å². The summed E-state index contributed by atoms with van der Waals surface area (Å²) in [5, 5.41) is 3.14. The normalized spacial score (nSPS) is 13.0. The molecule has 2 rings (SSSR count). The van der Waals surface area contributed by atoms with Gasteiger partial charge in [-0.25, -0.2) is 4.79 Å². The summed E-state index contributed by atoms with van der Waals surface area (Å²) in [6, 6.07) is 14.2. The van der Waals surface area contributed by atoms with Crippen molar-refractivity contribution in [2.24, 2.45) is 0 Å². The summed E-state index contributed by atoms with van der Waals surface area (Å²) in [4.78, 5) is 24.6. The summed E-state index contributed by atoms with van der Waals surface area (Å²) in [6.45, 7) is 5.74. The lowest BCUT2D eigenvalue weighted by Gasteiger charge is -2.18. The van der Waals surface area contributed by atoms with Gasteiger partial charge in [0.25, 0.3) is 5.91 Å². The molecule has 0 spiro atoms. The van der Waals surface area contributed by atoms with Crippen molar-refractivity contribution < 1.29 is 14.3 Å². The third-order valence-electron chi connectivity index (χ3n) is 4.11. The molecule has 5 heteroatoms. The predicted octanol–water partition coefficient (Wildman–Crippen LogP) is 5.04. The Kier molecular flexibility index (Phi) is 6.59. The highest BCUT2D eigenvalue weighted by Gasteiger charge is 2.21. The molecule has 0 radical (unpaired) electrons. The fraction of sp³-hybridized carbons (Fsp3) is 0.300. The number of rotatable bonds is 6. The van der Waals surface area contributed by atoms with Gasteiger partial charge < -0.3 is 10.1 Å². The van der Waals surface area contributed by atoms with Crippen LogP contribution in [0.15, 0.2) is 48.5 Å². The lowest BCUT2D eigenvalue weighted by molar-refractivity contribution is -0.123. The van der Waals surface area contributed by atoms with E-state index in [0.29, 0.717) is 10.9 Å². The topological polar surface area (TPSA) is 55.4 Å². The van der Waals surface area contributed by atoms with Gasteiger partial charge >= 0.3 is 5.97 Å². The first-order valence-electron chi connectivity index (χ1n) is 8.29. The average molecular weight is 360 g/mol. The number of amides is 1. The minimum atomic E-state index is -0.936. The second-order valence-corrected chi connectivity index (χ2v) is 6.32. The summed E-state index contributed by atoms with van der Waals surface area (Å²) in [7, 11) is 0. The van der Waals surface area contributed by atoms with Crippen molar-refractivity contribution in [3.8, 4) is 0 Å². The van der Waals surface area contributed by atoms with Crippen molar-refractivity contribution >= 4 is 29.2 Å². The molecule has 1 N–H and O–H groups in total. The predicted molar refractivity (Wildman–Crippen MR) is 100 cm³/mol. The van der Waals surface area contributed by atoms with Crippen molar-refractivity contribution in [3.63, 3.8) is 0 Å². The lowest BCUT2D eigenvalue weighted by atomic mass is 9.97. The zero-order valence-electron chi connectivity index (χ0n) is 14.6. The molecule has 1 amide bonds. The SMILES string of the molecule is CC[C@H](C)c1ccccc1NC(=O)[C@@H](C)OC(=O)c1ccccc1Cl. The number of carbonyl (C=O) groups excluding carboxylic acids is 2. The van der Waals surface area contributed by atoms with Gasteiger partial charge in [-0.1, -0.05) is 55.8 Å². The van der Waals surface area contributed by atoms with Gasteiger partial charge in [0.2, 0.25) is 0 Å². The Labute approximate surface area is 153 Å². The summed E-state index contributed by atoms with van der Waals surface area (Å²) < 4.78 is 5.24. The number of nitrogens with one attached hydrogen (secondary N) is 1. The van der Waals surface area contributed by atoms with Gasteiger partial charge in [-0.15, -0.1) is 0 Å². The number of anilines is 1. The monoisotopic (exact) mass is 359 g/mol. The number of halogens is 1. The first kappa shape index (κ1) is 19.0. The summed E-state index contributed by atoms with van der Waals surface area (Å²) >= 11 is 5.98. The highest BCUT2D eigenvalue weighted by Crippen LogP contribution is 2.26. The van der Waals surface area contributed by atoms with Crippen LogP contribution >= 0.6 is 11.6 Å². The molecule has 0 aromatic heterocycles. The van der Waals surface area contributed by atoms with Crippen LogP contribution in [0.5, 0.6) is 0 Å². The Morgan fingerprint density at radius 3 is 2.40 bits per heavy atom. The summed E-state index contributed by atoms with van der Waals surface area (Å²) in [5.41, 5.74) is 2.04. The van der Waals surface area contributed by atoms with Crippen molar-refractivity contribution in [1.29, 1.82) is 0 Å².